The predicted octanol–water partition coefficient (Wildman–Crippen LogP) is 3.18. The summed E-state index contributed by atoms with van der Waals surface area (Å²) < 4.78 is 39.4. The highest BCUT2D eigenvalue weighted by Gasteiger charge is 2.23. The van der Waals surface area contributed by atoms with E-state index >= 15 is 0 Å². The zero-order valence-electron chi connectivity index (χ0n) is 20.1. The van der Waals surface area contributed by atoms with Crippen LogP contribution in [-0.4, -0.2) is 58.5 Å². The number of ether oxygens (including phenoxy) is 1. The maximum atomic E-state index is 13.2. The van der Waals surface area contributed by atoms with Crippen molar-refractivity contribution in [3.63, 3.8) is 0 Å². The van der Waals surface area contributed by atoms with Crippen molar-refractivity contribution in [2.24, 2.45) is 0 Å². The quantitative estimate of drug-likeness (QED) is 0.426. The molecule has 3 aromatic rings. The summed E-state index contributed by atoms with van der Waals surface area (Å²) in [4.78, 5) is 28.7. The van der Waals surface area contributed by atoms with Gasteiger partial charge in [0.15, 0.2) is 0 Å². The Morgan fingerprint density at radius 2 is 1.94 bits per heavy atom. The van der Waals surface area contributed by atoms with Crippen molar-refractivity contribution in [1.82, 2.24) is 14.5 Å². The Labute approximate surface area is 214 Å². The number of hydrogen-bond donors (Lipinski definition) is 2. The summed E-state index contributed by atoms with van der Waals surface area (Å²) >= 11 is 6.53. The Kier molecular flexibility index (Phi) is 7.55. The normalized spacial score (nSPS) is 13.9. The van der Waals surface area contributed by atoms with Crippen molar-refractivity contribution in [2.45, 2.75) is 19.4 Å². The third kappa shape index (κ3) is 5.65. The van der Waals surface area contributed by atoms with E-state index in [9.17, 15) is 18.0 Å². The van der Waals surface area contributed by atoms with Crippen molar-refractivity contribution in [2.75, 3.05) is 39.0 Å². The van der Waals surface area contributed by atoms with Crippen LogP contribution >= 0.6 is 11.6 Å². The van der Waals surface area contributed by atoms with Gasteiger partial charge in [0.1, 0.15) is 11.3 Å². The molecule has 4 rings (SSSR count). The van der Waals surface area contributed by atoms with Gasteiger partial charge in [0, 0.05) is 51.1 Å². The lowest BCUT2D eigenvalue weighted by atomic mass is 9.97. The van der Waals surface area contributed by atoms with Crippen LogP contribution in [0.1, 0.15) is 23.1 Å². The maximum absolute atomic E-state index is 13.2. The number of hydrogen-bond acceptors (Lipinski definition) is 7. The molecule has 0 radical (unpaired) electrons. The zero-order chi connectivity index (χ0) is 26.0. The molecule has 36 heavy (non-hydrogen) atoms. The number of carbonyl (C=O) groups is 1. The van der Waals surface area contributed by atoms with Crippen LogP contribution in [0.3, 0.4) is 0 Å². The van der Waals surface area contributed by atoms with Crippen molar-refractivity contribution in [1.29, 1.82) is 0 Å². The number of benzene rings is 2. The molecule has 0 atom stereocenters. The van der Waals surface area contributed by atoms with Gasteiger partial charge in [-0.2, -0.15) is 8.42 Å². The highest BCUT2D eigenvalue weighted by atomic mass is 35.5. The fourth-order valence-electron chi connectivity index (χ4n) is 3.84. The lowest BCUT2D eigenvalue weighted by molar-refractivity contribution is 0.171. The standard InChI is InChI=1S/C24H27ClN4O6S/c1-26-36(32,33)27-20-7-4-6-15(22(20)25)12-18-19(14-29-10-5-11-29)17-9-8-16(34-24(31)28(2)3)13-21(17)35-23(18)30/h4,6-9,13,26-27H,5,10-12,14H2,1-3H3. The first kappa shape index (κ1) is 26.0. The molecule has 12 heteroatoms. The van der Waals surface area contributed by atoms with Crippen LogP contribution in [0.25, 0.3) is 11.0 Å². The number of amides is 1. The summed E-state index contributed by atoms with van der Waals surface area (Å²) in [6, 6.07) is 9.91. The minimum Gasteiger partial charge on any atom is -0.422 e. The minimum atomic E-state index is -3.77. The molecule has 10 nitrogen and oxygen atoms in total. The van der Waals surface area contributed by atoms with Crippen LogP contribution in [0.5, 0.6) is 5.75 Å². The van der Waals surface area contributed by atoms with Gasteiger partial charge >= 0.3 is 11.7 Å². The average molecular weight is 535 g/mol. The van der Waals surface area contributed by atoms with Gasteiger partial charge in [0.2, 0.25) is 0 Å². The second-order valence-corrected chi connectivity index (χ2v) is 10.7. The molecule has 0 aliphatic carbocycles. The van der Waals surface area contributed by atoms with E-state index in [1.807, 2.05) is 0 Å². The molecule has 0 saturated carbocycles. The molecular weight excluding hydrogens is 508 g/mol. The van der Waals surface area contributed by atoms with Crippen LogP contribution in [0.4, 0.5) is 10.5 Å². The molecule has 1 fully saturated rings. The van der Waals surface area contributed by atoms with Gasteiger partial charge in [0.05, 0.1) is 10.7 Å². The Hall–Kier alpha value is -3.12. The monoisotopic (exact) mass is 534 g/mol. The molecule has 1 aliphatic rings. The number of carbonyl (C=O) groups excluding carboxylic acids is 1. The molecule has 0 unspecified atom stereocenters. The second kappa shape index (κ2) is 10.5. The molecule has 1 saturated heterocycles. The summed E-state index contributed by atoms with van der Waals surface area (Å²) in [5.74, 6) is 0.263. The van der Waals surface area contributed by atoms with Crippen LogP contribution in [0, 0.1) is 0 Å². The number of nitrogens with zero attached hydrogens (tertiary/aromatic N) is 2. The van der Waals surface area contributed by atoms with Crippen molar-refractivity contribution >= 4 is 44.6 Å². The average Bonchev–Trinajstić information content (AvgIpc) is 2.79. The van der Waals surface area contributed by atoms with Gasteiger partial charge < -0.3 is 14.1 Å². The Bertz CT molecular complexity index is 1470. The molecule has 2 aromatic carbocycles. The van der Waals surface area contributed by atoms with Crippen LogP contribution in [-0.2, 0) is 23.2 Å². The molecule has 0 spiro atoms. The first-order chi connectivity index (χ1) is 17.1. The summed E-state index contributed by atoms with van der Waals surface area (Å²) in [6.07, 6.45) is 0.684. The molecule has 1 aromatic heterocycles. The van der Waals surface area contributed by atoms with Gasteiger partial charge in [-0.15, -0.1) is 0 Å². The molecule has 1 aliphatic heterocycles. The SMILES string of the molecule is CNS(=O)(=O)Nc1cccc(Cc2c(CN3CCC3)c3ccc(OC(=O)N(C)C)cc3oc2=O)c1Cl. The van der Waals surface area contributed by atoms with Gasteiger partial charge in [0.25, 0.3) is 10.2 Å². The number of fused-ring (bicyclic) bond motifs is 1. The topological polar surface area (TPSA) is 121 Å². The smallest absolute Gasteiger partial charge is 0.414 e. The summed E-state index contributed by atoms with van der Waals surface area (Å²) in [5.41, 5.74) is 1.77. The summed E-state index contributed by atoms with van der Waals surface area (Å²) in [5, 5.41) is 0.918. The first-order valence-corrected chi connectivity index (χ1v) is 13.1. The number of nitrogens with one attached hydrogen (secondary N) is 2. The van der Waals surface area contributed by atoms with Gasteiger partial charge in [-0.25, -0.2) is 14.3 Å². The third-order valence-corrected chi connectivity index (χ3v) is 7.42. The van der Waals surface area contributed by atoms with E-state index in [1.165, 1.54) is 18.0 Å². The summed E-state index contributed by atoms with van der Waals surface area (Å²) in [6.45, 7) is 2.38. The van der Waals surface area contributed by atoms with E-state index in [0.717, 1.165) is 30.5 Å². The zero-order valence-corrected chi connectivity index (χ0v) is 21.7. The van der Waals surface area contributed by atoms with Crippen LogP contribution in [0.2, 0.25) is 5.02 Å². The Morgan fingerprint density at radius 1 is 1.19 bits per heavy atom. The number of likely N-dealkylation sites (tertiary alicyclic amines) is 1. The third-order valence-electron chi connectivity index (χ3n) is 5.95. The fraction of sp³-hybridized carbons (Fsp3) is 0.333. The number of rotatable bonds is 8. The highest BCUT2D eigenvalue weighted by molar-refractivity contribution is 7.90. The molecular formula is C24H27ClN4O6S. The first-order valence-electron chi connectivity index (χ1n) is 11.3. The Balaban J connectivity index is 1.77. The largest absolute Gasteiger partial charge is 0.422 e. The molecule has 1 amide bonds. The molecule has 2 heterocycles. The minimum absolute atomic E-state index is 0.146. The van der Waals surface area contributed by atoms with Crippen LogP contribution in [0.15, 0.2) is 45.6 Å². The van der Waals surface area contributed by atoms with Crippen molar-refractivity contribution in [3.05, 3.63) is 68.5 Å². The van der Waals surface area contributed by atoms with Crippen LogP contribution < -0.4 is 19.8 Å². The van der Waals surface area contributed by atoms with Gasteiger partial charge in [-0.1, -0.05) is 23.7 Å². The van der Waals surface area contributed by atoms with Crippen molar-refractivity contribution in [3.8, 4) is 5.75 Å². The van der Waals surface area contributed by atoms with Gasteiger partial charge in [-0.3, -0.25) is 9.62 Å². The number of halogens is 1. The van der Waals surface area contributed by atoms with Gasteiger partial charge in [-0.05, 0) is 48.8 Å². The number of anilines is 1. The lowest BCUT2D eigenvalue weighted by Gasteiger charge is -2.31. The maximum Gasteiger partial charge on any atom is 0.414 e. The van der Waals surface area contributed by atoms with E-state index in [1.54, 1.807) is 44.4 Å². The molecule has 192 valence electrons. The predicted molar refractivity (Wildman–Crippen MR) is 138 cm³/mol. The highest BCUT2D eigenvalue weighted by Crippen LogP contribution is 2.32. The molecule has 0 bridgehead atoms. The lowest BCUT2D eigenvalue weighted by Crippen LogP contribution is -2.37. The van der Waals surface area contributed by atoms with Crippen molar-refractivity contribution < 1.29 is 22.4 Å². The second-order valence-electron chi connectivity index (χ2n) is 8.66. The van der Waals surface area contributed by atoms with E-state index in [-0.39, 0.29) is 22.9 Å². The molecule has 2 N–H and O–H groups in total. The fourth-order valence-corrected chi connectivity index (χ4v) is 4.70. The summed E-state index contributed by atoms with van der Waals surface area (Å²) in [7, 11) is 0.665. The van der Waals surface area contributed by atoms with E-state index < -0.39 is 21.9 Å². The van der Waals surface area contributed by atoms with E-state index in [0.29, 0.717) is 23.3 Å². The van der Waals surface area contributed by atoms with E-state index in [2.05, 4.69) is 14.3 Å². The Morgan fingerprint density at radius 3 is 2.58 bits per heavy atom. The van der Waals surface area contributed by atoms with E-state index in [4.69, 9.17) is 20.8 Å².